The van der Waals surface area contributed by atoms with Gasteiger partial charge in [0.2, 0.25) is 5.91 Å². The van der Waals surface area contributed by atoms with Gasteiger partial charge in [-0.3, -0.25) is 9.69 Å². The van der Waals surface area contributed by atoms with Crippen molar-refractivity contribution in [1.29, 1.82) is 0 Å². The summed E-state index contributed by atoms with van der Waals surface area (Å²) in [5.41, 5.74) is 3.32. The van der Waals surface area contributed by atoms with Gasteiger partial charge in [-0.1, -0.05) is 6.42 Å². The predicted molar refractivity (Wildman–Crippen MR) is 93.9 cm³/mol. The summed E-state index contributed by atoms with van der Waals surface area (Å²) < 4.78 is 5.41. The van der Waals surface area contributed by atoms with Crippen molar-refractivity contribution in [3.8, 4) is 0 Å². The summed E-state index contributed by atoms with van der Waals surface area (Å²) in [6.07, 6.45) is 4.66. The molecule has 0 unspecified atom stereocenters. The molecule has 1 spiro atoms. The molecule has 0 aromatic carbocycles. The number of morpholine rings is 1. The molecule has 0 N–H and O–H groups in total. The standard InChI is InChI=1S/C18H27N3O2S/c1-14-16(24-13-19-14)11-20-6-5-18(12-20)4-2-3-15(18)17(22)21-7-9-23-10-8-21/h13,15H,2-12H2,1H3/t15-,18-/m1/s1. The molecular formula is C18H27N3O2S. The molecule has 3 heterocycles. The van der Waals surface area contributed by atoms with Gasteiger partial charge < -0.3 is 9.64 Å². The first-order valence-corrected chi connectivity index (χ1v) is 10.0. The van der Waals surface area contributed by atoms with Gasteiger partial charge in [0, 0.05) is 37.0 Å². The van der Waals surface area contributed by atoms with Crippen molar-refractivity contribution < 1.29 is 9.53 Å². The number of carbonyl (C=O) groups is 1. The summed E-state index contributed by atoms with van der Waals surface area (Å²) in [6.45, 7) is 8.22. The Bertz CT molecular complexity index is 599. The van der Waals surface area contributed by atoms with Gasteiger partial charge in [0.05, 0.1) is 24.4 Å². The number of nitrogens with zero attached hydrogens (tertiary/aromatic N) is 3. The Morgan fingerprint density at radius 3 is 2.96 bits per heavy atom. The molecule has 3 fully saturated rings. The molecule has 1 amide bonds. The third-order valence-electron chi connectivity index (χ3n) is 6.20. The lowest BCUT2D eigenvalue weighted by atomic mass is 9.76. The highest BCUT2D eigenvalue weighted by Gasteiger charge is 2.51. The Hall–Kier alpha value is -0.980. The van der Waals surface area contributed by atoms with E-state index in [4.69, 9.17) is 4.74 Å². The SMILES string of the molecule is Cc1ncsc1CN1CC[C@]2(CCC[C@@H]2C(=O)N2CCOCC2)C1. The van der Waals surface area contributed by atoms with E-state index in [0.717, 1.165) is 44.8 Å². The van der Waals surface area contributed by atoms with E-state index >= 15 is 0 Å². The molecule has 0 bridgehead atoms. The summed E-state index contributed by atoms with van der Waals surface area (Å²) in [5.74, 6) is 0.620. The van der Waals surface area contributed by atoms with Crippen molar-refractivity contribution >= 4 is 17.2 Å². The molecular weight excluding hydrogens is 322 g/mol. The molecule has 0 radical (unpaired) electrons. The quantitative estimate of drug-likeness (QED) is 0.840. The molecule has 2 saturated heterocycles. The Kier molecular flexibility index (Phi) is 4.62. The fraction of sp³-hybridized carbons (Fsp3) is 0.778. The molecule has 1 aromatic rings. The minimum Gasteiger partial charge on any atom is -0.378 e. The van der Waals surface area contributed by atoms with Gasteiger partial charge in [-0.2, -0.15) is 0 Å². The molecule has 5 nitrogen and oxygen atoms in total. The van der Waals surface area contributed by atoms with Crippen LogP contribution in [-0.2, 0) is 16.1 Å². The van der Waals surface area contributed by atoms with Crippen LogP contribution in [0, 0.1) is 18.3 Å². The summed E-state index contributed by atoms with van der Waals surface area (Å²) in [6, 6.07) is 0. The van der Waals surface area contributed by atoms with Crippen LogP contribution in [0.5, 0.6) is 0 Å². The number of aromatic nitrogens is 1. The lowest BCUT2D eigenvalue weighted by Crippen LogP contribution is -2.47. The first kappa shape index (κ1) is 16.5. The van der Waals surface area contributed by atoms with Gasteiger partial charge in [-0.05, 0) is 38.1 Å². The van der Waals surface area contributed by atoms with Crippen LogP contribution >= 0.6 is 11.3 Å². The van der Waals surface area contributed by atoms with E-state index in [1.807, 2.05) is 5.51 Å². The number of rotatable bonds is 3. The second-order valence-electron chi connectivity index (χ2n) is 7.57. The smallest absolute Gasteiger partial charge is 0.226 e. The molecule has 2 aliphatic heterocycles. The molecule has 1 aliphatic carbocycles. The van der Waals surface area contributed by atoms with Crippen molar-refractivity contribution in [2.75, 3.05) is 39.4 Å². The van der Waals surface area contributed by atoms with Gasteiger partial charge in [0.1, 0.15) is 0 Å². The Morgan fingerprint density at radius 2 is 2.21 bits per heavy atom. The van der Waals surface area contributed by atoms with E-state index in [0.29, 0.717) is 19.1 Å². The monoisotopic (exact) mass is 349 g/mol. The molecule has 24 heavy (non-hydrogen) atoms. The zero-order valence-corrected chi connectivity index (χ0v) is 15.3. The molecule has 2 atom stereocenters. The molecule has 3 aliphatic rings. The van der Waals surface area contributed by atoms with Crippen LogP contribution in [0.1, 0.15) is 36.3 Å². The fourth-order valence-electron chi connectivity index (χ4n) is 4.82. The van der Waals surface area contributed by atoms with E-state index in [-0.39, 0.29) is 11.3 Å². The Balaban J connectivity index is 1.44. The van der Waals surface area contributed by atoms with Crippen LogP contribution in [-0.4, -0.2) is 60.1 Å². The number of hydrogen-bond donors (Lipinski definition) is 0. The molecule has 1 saturated carbocycles. The third kappa shape index (κ3) is 3.00. The molecule has 132 valence electrons. The normalized spacial score (nSPS) is 31.2. The Morgan fingerprint density at radius 1 is 1.38 bits per heavy atom. The van der Waals surface area contributed by atoms with E-state index in [2.05, 4.69) is 21.7 Å². The average Bonchev–Trinajstić information content (AvgIpc) is 3.31. The largest absolute Gasteiger partial charge is 0.378 e. The number of thiazole rings is 1. The average molecular weight is 350 g/mol. The van der Waals surface area contributed by atoms with E-state index in [1.165, 1.54) is 24.1 Å². The summed E-state index contributed by atoms with van der Waals surface area (Å²) in [5, 5.41) is 0. The molecule has 1 aromatic heterocycles. The van der Waals surface area contributed by atoms with Crippen LogP contribution in [0.25, 0.3) is 0 Å². The lowest BCUT2D eigenvalue weighted by Gasteiger charge is -2.36. The van der Waals surface area contributed by atoms with Crippen LogP contribution in [0.3, 0.4) is 0 Å². The number of hydrogen-bond acceptors (Lipinski definition) is 5. The van der Waals surface area contributed by atoms with Gasteiger partial charge >= 0.3 is 0 Å². The van der Waals surface area contributed by atoms with Crippen LogP contribution in [0.2, 0.25) is 0 Å². The zero-order chi connectivity index (χ0) is 16.6. The summed E-state index contributed by atoms with van der Waals surface area (Å²) in [7, 11) is 0. The van der Waals surface area contributed by atoms with Gasteiger partial charge in [0.15, 0.2) is 0 Å². The third-order valence-corrected chi connectivity index (χ3v) is 7.12. The van der Waals surface area contributed by atoms with Crippen LogP contribution in [0.15, 0.2) is 5.51 Å². The highest BCUT2D eigenvalue weighted by molar-refractivity contribution is 7.09. The van der Waals surface area contributed by atoms with Crippen molar-refractivity contribution in [1.82, 2.24) is 14.8 Å². The topological polar surface area (TPSA) is 45.7 Å². The van der Waals surface area contributed by atoms with Gasteiger partial charge in [0.25, 0.3) is 0 Å². The highest BCUT2D eigenvalue weighted by Crippen LogP contribution is 2.50. The van der Waals surface area contributed by atoms with Gasteiger partial charge in [-0.25, -0.2) is 4.98 Å². The zero-order valence-electron chi connectivity index (χ0n) is 14.5. The van der Waals surface area contributed by atoms with Gasteiger partial charge in [-0.15, -0.1) is 11.3 Å². The maximum atomic E-state index is 13.1. The second kappa shape index (κ2) is 6.73. The van der Waals surface area contributed by atoms with Crippen molar-refractivity contribution in [3.05, 3.63) is 16.1 Å². The second-order valence-corrected chi connectivity index (χ2v) is 8.51. The van der Waals surface area contributed by atoms with E-state index in [1.54, 1.807) is 11.3 Å². The minimum absolute atomic E-state index is 0.216. The Labute approximate surface area is 148 Å². The lowest BCUT2D eigenvalue weighted by molar-refractivity contribution is -0.143. The fourth-order valence-corrected chi connectivity index (χ4v) is 5.64. The molecule has 6 heteroatoms. The summed E-state index contributed by atoms with van der Waals surface area (Å²) in [4.78, 5) is 23.4. The number of likely N-dealkylation sites (tertiary alicyclic amines) is 1. The minimum atomic E-state index is 0.216. The number of amides is 1. The number of carbonyl (C=O) groups excluding carboxylic acids is 1. The maximum Gasteiger partial charge on any atom is 0.226 e. The first-order valence-electron chi connectivity index (χ1n) is 9.16. The predicted octanol–water partition coefficient (Wildman–Crippen LogP) is 2.30. The van der Waals surface area contributed by atoms with Crippen molar-refractivity contribution in [2.24, 2.45) is 11.3 Å². The van der Waals surface area contributed by atoms with Crippen LogP contribution < -0.4 is 0 Å². The van der Waals surface area contributed by atoms with E-state index < -0.39 is 0 Å². The van der Waals surface area contributed by atoms with Crippen molar-refractivity contribution in [3.63, 3.8) is 0 Å². The summed E-state index contributed by atoms with van der Waals surface area (Å²) >= 11 is 1.76. The number of aryl methyl sites for hydroxylation is 1. The first-order chi connectivity index (χ1) is 11.7. The van der Waals surface area contributed by atoms with Crippen LogP contribution in [0.4, 0.5) is 0 Å². The highest BCUT2D eigenvalue weighted by atomic mass is 32.1. The van der Waals surface area contributed by atoms with E-state index in [9.17, 15) is 4.79 Å². The number of ether oxygens (including phenoxy) is 1. The maximum absolute atomic E-state index is 13.1. The molecule has 4 rings (SSSR count). The van der Waals surface area contributed by atoms with Crippen molar-refractivity contribution in [2.45, 2.75) is 39.2 Å².